The monoisotopic (exact) mass is 457 g/mol. The Bertz CT molecular complexity index is 1390. The van der Waals surface area contributed by atoms with Crippen molar-refractivity contribution < 1.29 is 13.9 Å². The second-order valence-corrected chi connectivity index (χ2v) is 7.45. The molecule has 0 bridgehead atoms. The highest BCUT2D eigenvalue weighted by Gasteiger charge is 2.21. The molecule has 0 spiro atoms. The summed E-state index contributed by atoms with van der Waals surface area (Å²) in [4.78, 5) is 26.0. The van der Waals surface area contributed by atoms with E-state index in [-0.39, 0.29) is 39.6 Å². The molecule has 0 aliphatic rings. The molecular weight excluding hydrogens is 434 g/mol. The van der Waals surface area contributed by atoms with E-state index in [2.05, 4.69) is 33.3 Å². The summed E-state index contributed by atoms with van der Waals surface area (Å²) >= 11 is 0. The minimum atomic E-state index is -0.475. The first-order valence-corrected chi connectivity index (χ1v) is 10.7. The van der Waals surface area contributed by atoms with E-state index in [0.29, 0.717) is 17.9 Å². The van der Waals surface area contributed by atoms with E-state index in [1.807, 2.05) is 12.2 Å². The van der Waals surface area contributed by atoms with Gasteiger partial charge >= 0.3 is 0 Å². The molecule has 0 saturated carbocycles. The van der Waals surface area contributed by atoms with Gasteiger partial charge in [0.1, 0.15) is 23.6 Å². The van der Waals surface area contributed by atoms with Gasteiger partial charge in [-0.25, -0.2) is 0 Å². The summed E-state index contributed by atoms with van der Waals surface area (Å²) in [5.41, 5.74) is 6.05. The van der Waals surface area contributed by atoms with Crippen molar-refractivity contribution in [1.29, 1.82) is 0 Å². The quantitative estimate of drug-likeness (QED) is 0.206. The molecule has 0 amide bonds. The third-order valence-electron chi connectivity index (χ3n) is 5.15. The molecule has 0 saturated heterocycles. The first-order chi connectivity index (χ1) is 16.6. The fraction of sp³-hybridized carbons (Fsp3) is 0.160. The van der Waals surface area contributed by atoms with Crippen LogP contribution in [0.25, 0.3) is 22.6 Å². The van der Waals surface area contributed by atoms with Gasteiger partial charge in [-0.05, 0) is 60.9 Å². The number of hydrogen-bond donors (Lipinski definition) is 2. The van der Waals surface area contributed by atoms with E-state index >= 15 is 0 Å². The van der Waals surface area contributed by atoms with Crippen LogP contribution in [-0.2, 0) is 0 Å². The molecule has 0 atom stereocenters. The Kier molecular flexibility index (Phi) is 6.92. The number of carbonyl (C=O) groups excluding carboxylic acids is 1. The molecule has 0 radical (unpaired) electrons. The van der Waals surface area contributed by atoms with E-state index in [0.717, 1.165) is 19.3 Å². The van der Waals surface area contributed by atoms with Crippen molar-refractivity contribution in [3.8, 4) is 17.3 Å². The lowest BCUT2D eigenvalue weighted by molar-refractivity contribution is 0.103. The number of H-pyrrole nitrogens is 1. The largest absolute Gasteiger partial charge is 0.490 e. The van der Waals surface area contributed by atoms with Crippen molar-refractivity contribution in [1.82, 2.24) is 20.6 Å². The van der Waals surface area contributed by atoms with Crippen LogP contribution < -0.4 is 15.9 Å². The molecule has 4 aromatic rings. The van der Waals surface area contributed by atoms with Crippen molar-refractivity contribution in [3.63, 3.8) is 0 Å². The molecule has 2 aromatic carbocycles. The number of carbonyl (C=O) groups is 1. The van der Waals surface area contributed by atoms with Crippen LogP contribution in [0.15, 0.2) is 76.5 Å². The molecular formula is C25H23N5O4. The van der Waals surface area contributed by atoms with Crippen LogP contribution in [0, 0.1) is 0 Å². The summed E-state index contributed by atoms with van der Waals surface area (Å²) in [7, 11) is 0. The lowest BCUT2D eigenvalue weighted by atomic mass is 10.0. The second-order valence-electron chi connectivity index (χ2n) is 7.45. The van der Waals surface area contributed by atoms with Gasteiger partial charge < -0.3 is 14.9 Å². The molecule has 0 fully saturated rings. The number of nitrogens with zero attached hydrogens (tertiary/aromatic N) is 3. The Morgan fingerprint density at radius 2 is 1.97 bits per heavy atom. The van der Waals surface area contributed by atoms with Gasteiger partial charge in [-0.3, -0.25) is 9.59 Å². The lowest BCUT2D eigenvalue weighted by Gasteiger charge is -2.09. The zero-order valence-electron chi connectivity index (χ0n) is 18.4. The molecule has 34 heavy (non-hydrogen) atoms. The highest BCUT2D eigenvalue weighted by Crippen LogP contribution is 2.28. The number of aromatic nitrogens is 4. The number of rotatable bonds is 10. The van der Waals surface area contributed by atoms with Gasteiger partial charge in [0.05, 0.1) is 10.9 Å². The van der Waals surface area contributed by atoms with E-state index in [4.69, 9.17) is 14.9 Å². The van der Waals surface area contributed by atoms with Crippen LogP contribution in [-0.4, -0.2) is 33.0 Å². The smallest absolute Gasteiger partial charge is 0.242 e. The van der Waals surface area contributed by atoms with Crippen molar-refractivity contribution >= 4 is 22.4 Å². The predicted octanol–water partition coefficient (Wildman–Crippen LogP) is 4.08. The highest BCUT2D eigenvalue weighted by atomic mass is 16.5. The predicted molar refractivity (Wildman–Crippen MR) is 129 cm³/mol. The number of aromatic amines is 1. The summed E-state index contributed by atoms with van der Waals surface area (Å²) in [5, 5.41) is 13.6. The summed E-state index contributed by atoms with van der Waals surface area (Å²) < 4.78 is 11.5. The van der Waals surface area contributed by atoms with Crippen molar-refractivity contribution in [2.75, 3.05) is 12.3 Å². The van der Waals surface area contributed by atoms with Crippen LogP contribution in [0.4, 0.5) is 5.69 Å². The number of nitrogens with two attached hydrogens (primary N) is 1. The van der Waals surface area contributed by atoms with Crippen molar-refractivity contribution in [2.45, 2.75) is 19.3 Å². The fourth-order valence-electron chi connectivity index (χ4n) is 3.40. The Morgan fingerprint density at radius 1 is 1.15 bits per heavy atom. The molecule has 0 aliphatic heterocycles. The van der Waals surface area contributed by atoms with Gasteiger partial charge in [-0.1, -0.05) is 24.3 Å². The van der Waals surface area contributed by atoms with E-state index in [9.17, 15) is 9.59 Å². The first kappa shape index (κ1) is 22.7. The maximum Gasteiger partial charge on any atom is 0.242 e. The first-order valence-electron chi connectivity index (χ1n) is 10.7. The second kappa shape index (κ2) is 10.4. The molecule has 9 nitrogen and oxygen atoms in total. The van der Waals surface area contributed by atoms with Gasteiger partial charge in [-0.2, -0.15) is 5.21 Å². The molecule has 9 heteroatoms. The standard InChI is InChI=1S/C25H23N5O4/c1-2-3-4-5-6-7-15-33-17-13-11-16(12-14-17)21(31)18-9-8-10-19-22(32)20(26)24(34-23(18)19)25-27-29-30-28-25/h2,6-14H,1,3-5,15,26H2,(H,27,28,29,30)/b7-6+. The molecule has 2 heterocycles. The third kappa shape index (κ3) is 4.78. The van der Waals surface area contributed by atoms with Crippen LogP contribution in [0.2, 0.25) is 0 Å². The van der Waals surface area contributed by atoms with Gasteiger partial charge in [0.25, 0.3) is 0 Å². The number of fused-ring (bicyclic) bond motifs is 1. The molecule has 3 N–H and O–H groups in total. The Labute approximate surface area is 194 Å². The van der Waals surface area contributed by atoms with Crippen LogP contribution in [0.5, 0.6) is 5.75 Å². The maximum absolute atomic E-state index is 13.2. The van der Waals surface area contributed by atoms with Crippen LogP contribution in [0.3, 0.4) is 0 Å². The minimum absolute atomic E-state index is 0.0232. The molecule has 4 rings (SSSR count). The number of benzene rings is 2. The fourth-order valence-corrected chi connectivity index (χ4v) is 3.40. The summed E-state index contributed by atoms with van der Waals surface area (Å²) in [6.07, 6.45) is 8.98. The average molecular weight is 457 g/mol. The number of anilines is 1. The highest BCUT2D eigenvalue weighted by molar-refractivity contribution is 6.15. The van der Waals surface area contributed by atoms with Gasteiger partial charge in [0.15, 0.2) is 5.78 Å². The summed E-state index contributed by atoms with van der Waals surface area (Å²) in [6, 6.07) is 11.5. The van der Waals surface area contributed by atoms with E-state index < -0.39 is 5.43 Å². The number of ether oxygens (including phenoxy) is 1. The molecule has 0 aliphatic carbocycles. The number of para-hydroxylation sites is 1. The molecule has 2 aromatic heterocycles. The van der Waals surface area contributed by atoms with E-state index in [1.54, 1.807) is 42.5 Å². The van der Waals surface area contributed by atoms with Crippen molar-refractivity contribution in [3.05, 3.63) is 88.6 Å². The number of ketones is 1. The number of hydrogen-bond acceptors (Lipinski definition) is 8. The SMILES string of the molecule is C=CCCC/C=C/COc1ccc(C(=O)c2cccc3c(=O)c(N)c(-c4nn[nH]n4)oc23)cc1. The third-order valence-corrected chi connectivity index (χ3v) is 5.15. The van der Waals surface area contributed by atoms with Gasteiger partial charge in [0.2, 0.25) is 17.0 Å². The minimum Gasteiger partial charge on any atom is -0.490 e. The Morgan fingerprint density at radius 3 is 2.71 bits per heavy atom. The Hall–Kier alpha value is -4.53. The van der Waals surface area contributed by atoms with Crippen molar-refractivity contribution in [2.24, 2.45) is 0 Å². The van der Waals surface area contributed by atoms with Crippen LogP contribution >= 0.6 is 0 Å². The number of nitrogens with one attached hydrogen (secondary N) is 1. The summed E-state index contributed by atoms with van der Waals surface area (Å²) in [6.45, 7) is 4.14. The number of nitrogen functional groups attached to an aromatic ring is 1. The molecule has 172 valence electrons. The molecule has 0 unspecified atom stereocenters. The maximum atomic E-state index is 13.2. The zero-order valence-corrected chi connectivity index (χ0v) is 18.4. The number of allylic oxidation sites excluding steroid dienone is 2. The summed E-state index contributed by atoms with van der Waals surface area (Å²) in [5.74, 6) is 0.304. The lowest BCUT2D eigenvalue weighted by Crippen LogP contribution is -2.12. The van der Waals surface area contributed by atoms with Gasteiger partial charge in [0, 0.05) is 5.56 Å². The van der Waals surface area contributed by atoms with Gasteiger partial charge in [-0.15, -0.1) is 16.8 Å². The average Bonchev–Trinajstić information content (AvgIpc) is 3.40. The Balaban J connectivity index is 1.56. The van der Waals surface area contributed by atoms with Crippen LogP contribution in [0.1, 0.15) is 35.2 Å². The number of unbranched alkanes of at least 4 members (excludes halogenated alkanes) is 2. The number of tetrazole rings is 1. The zero-order chi connectivity index (χ0) is 23.9. The van der Waals surface area contributed by atoms with E-state index in [1.165, 1.54) is 0 Å². The normalized spacial score (nSPS) is 11.2. The topological polar surface area (TPSA) is 137 Å².